The molecule has 12 heavy (non-hydrogen) atoms. The van der Waals surface area contributed by atoms with Gasteiger partial charge in [0.25, 0.3) is 0 Å². The number of hydrogen-bond donors (Lipinski definition) is 2. The minimum Gasteiger partial charge on any atom is -0.397 e. The van der Waals surface area contributed by atoms with Crippen molar-refractivity contribution in [2.24, 2.45) is 0 Å². The maximum absolute atomic E-state index is 13.1. The predicted molar refractivity (Wildman–Crippen MR) is 47.5 cm³/mol. The van der Waals surface area contributed by atoms with E-state index in [1.54, 1.807) is 12.1 Å². The number of hydrogen-bond acceptors (Lipinski definition) is 2. The minimum absolute atomic E-state index is 0.262. The number of para-hydroxylation sites is 1. The summed E-state index contributed by atoms with van der Waals surface area (Å²) in [4.78, 5) is 0. The Bertz CT molecular complexity index is 274. The number of halogens is 1. The summed E-state index contributed by atoms with van der Waals surface area (Å²) >= 11 is 0. The summed E-state index contributed by atoms with van der Waals surface area (Å²) in [6, 6.07) is 5.17. The van der Waals surface area contributed by atoms with Crippen molar-refractivity contribution in [3.63, 3.8) is 0 Å². The lowest BCUT2D eigenvalue weighted by Crippen LogP contribution is -2.05. The third-order valence-corrected chi connectivity index (χ3v) is 1.97. The van der Waals surface area contributed by atoms with Crippen LogP contribution in [0.4, 0.5) is 15.8 Å². The van der Waals surface area contributed by atoms with Gasteiger partial charge in [0, 0.05) is 6.04 Å². The van der Waals surface area contributed by atoms with Crippen LogP contribution in [-0.2, 0) is 0 Å². The Morgan fingerprint density at radius 3 is 2.75 bits per heavy atom. The van der Waals surface area contributed by atoms with Gasteiger partial charge in [-0.3, -0.25) is 0 Å². The minimum atomic E-state index is -0.262. The van der Waals surface area contributed by atoms with Crippen molar-refractivity contribution in [1.29, 1.82) is 0 Å². The summed E-state index contributed by atoms with van der Waals surface area (Å²) in [5, 5.41) is 3.05. The van der Waals surface area contributed by atoms with E-state index in [2.05, 4.69) is 5.32 Å². The Hall–Kier alpha value is -1.25. The number of benzene rings is 1. The lowest BCUT2D eigenvalue weighted by Gasteiger charge is -2.08. The van der Waals surface area contributed by atoms with Gasteiger partial charge in [-0.2, -0.15) is 0 Å². The Morgan fingerprint density at radius 1 is 1.42 bits per heavy atom. The number of anilines is 2. The van der Waals surface area contributed by atoms with Gasteiger partial charge in [-0.15, -0.1) is 0 Å². The molecule has 0 saturated heterocycles. The van der Waals surface area contributed by atoms with Gasteiger partial charge in [-0.25, -0.2) is 4.39 Å². The van der Waals surface area contributed by atoms with Crippen LogP contribution in [0.15, 0.2) is 18.2 Å². The average Bonchev–Trinajstić information content (AvgIpc) is 2.80. The molecule has 2 rings (SSSR count). The first-order chi connectivity index (χ1) is 5.77. The van der Waals surface area contributed by atoms with E-state index in [0.29, 0.717) is 17.4 Å². The molecular formula is C9H11FN2. The standard InChI is InChI=1S/C9H11FN2/c10-7-2-1-3-8(11)9(7)12-6-4-5-6/h1-3,6,12H,4-5,11H2. The van der Waals surface area contributed by atoms with Crippen LogP contribution >= 0.6 is 0 Å². The molecule has 3 heteroatoms. The molecule has 0 spiro atoms. The summed E-state index contributed by atoms with van der Waals surface area (Å²) in [6.07, 6.45) is 2.24. The molecule has 2 nitrogen and oxygen atoms in total. The molecule has 0 bridgehead atoms. The van der Waals surface area contributed by atoms with E-state index in [0.717, 1.165) is 12.8 Å². The summed E-state index contributed by atoms with van der Waals surface area (Å²) in [5.41, 5.74) is 6.54. The third kappa shape index (κ3) is 1.35. The molecule has 0 amide bonds. The van der Waals surface area contributed by atoms with E-state index in [1.165, 1.54) is 6.07 Å². The fourth-order valence-electron chi connectivity index (χ4n) is 1.12. The van der Waals surface area contributed by atoms with E-state index in [9.17, 15) is 4.39 Å². The number of nitrogens with one attached hydrogen (secondary N) is 1. The highest BCUT2D eigenvalue weighted by Gasteiger charge is 2.22. The lowest BCUT2D eigenvalue weighted by atomic mass is 10.2. The number of rotatable bonds is 2. The van der Waals surface area contributed by atoms with Crippen LogP contribution in [0.2, 0.25) is 0 Å². The molecule has 0 radical (unpaired) electrons. The van der Waals surface area contributed by atoms with Gasteiger partial charge in [-0.05, 0) is 25.0 Å². The van der Waals surface area contributed by atoms with Gasteiger partial charge >= 0.3 is 0 Å². The highest BCUT2D eigenvalue weighted by molar-refractivity contribution is 5.67. The molecule has 1 aliphatic rings. The molecule has 3 N–H and O–H groups in total. The highest BCUT2D eigenvalue weighted by atomic mass is 19.1. The number of nitrogens with two attached hydrogens (primary N) is 1. The molecule has 0 atom stereocenters. The largest absolute Gasteiger partial charge is 0.397 e. The van der Waals surface area contributed by atoms with Gasteiger partial charge in [0.2, 0.25) is 0 Å². The molecule has 0 heterocycles. The Labute approximate surface area is 70.6 Å². The Morgan fingerprint density at radius 2 is 2.17 bits per heavy atom. The molecular weight excluding hydrogens is 155 g/mol. The van der Waals surface area contributed by atoms with Crippen molar-refractivity contribution >= 4 is 11.4 Å². The molecule has 0 aliphatic heterocycles. The van der Waals surface area contributed by atoms with Gasteiger partial charge in [0.1, 0.15) is 5.82 Å². The zero-order valence-electron chi connectivity index (χ0n) is 6.68. The van der Waals surface area contributed by atoms with Crippen LogP contribution in [0.5, 0.6) is 0 Å². The Balaban J connectivity index is 2.26. The van der Waals surface area contributed by atoms with Crippen LogP contribution < -0.4 is 11.1 Å². The van der Waals surface area contributed by atoms with Crippen molar-refractivity contribution in [3.05, 3.63) is 24.0 Å². The van der Waals surface area contributed by atoms with Gasteiger partial charge in [0.15, 0.2) is 0 Å². The van der Waals surface area contributed by atoms with Crippen LogP contribution in [0, 0.1) is 5.82 Å². The molecule has 1 aromatic rings. The first-order valence-corrected chi connectivity index (χ1v) is 4.08. The molecule has 1 saturated carbocycles. The molecule has 1 aromatic carbocycles. The summed E-state index contributed by atoms with van der Waals surface area (Å²) < 4.78 is 13.1. The normalized spacial score (nSPS) is 16.1. The van der Waals surface area contributed by atoms with Crippen molar-refractivity contribution in [1.82, 2.24) is 0 Å². The van der Waals surface area contributed by atoms with Gasteiger partial charge in [0.05, 0.1) is 11.4 Å². The fourth-order valence-corrected chi connectivity index (χ4v) is 1.12. The van der Waals surface area contributed by atoms with Crippen LogP contribution in [-0.4, -0.2) is 6.04 Å². The van der Waals surface area contributed by atoms with E-state index >= 15 is 0 Å². The van der Waals surface area contributed by atoms with E-state index in [4.69, 9.17) is 5.73 Å². The second kappa shape index (κ2) is 2.66. The van der Waals surface area contributed by atoms with E-state index in [1.807, 2.05) is 0 Å². The topological polar surface area (TPSA) is 38.0 Å². The lowest BCUT2D eigenvalue weighted by molar-refractivity contribution is 0.630. The van der Waals surface area contributed by atoms with Gasteiger partial charge in [-0.1, -0.05) is 6.07 Å². The van der Waals surface area contributed by atoms with Crippen molar-refractivity contribution in [2.45, 2.75) is 18.9 Å². The second-order valence-electron chi connectivity index (χ2n) is 3.12. The molecule has 1 aliphatic carbocycles. The van der Waals surface area contributed by atoms with Crippen molar-refractivity contribution in [3.8, 4) is 0 Å². The van der Waals surface area contributed by atoms with Crippen molar-refractivity contribution in [2.75, 3.05) is 11.1 Å². The zero-order valence-corrected chi connectivity index (χ0v) is 6.68. The van der Waals surface area contributed by atoms with E-state index in [-0.39, 0.29) is 5.82 Å². The zero-order chi connectivity index (χ0) is 8.55. The van der Waals surface area contributed by atoms with Crippen LogP contribution in [0.1, 0.15) is 12.8 Å². The summed E-state index contributed by atoms with van der Waals surface area (Å²) in [6.45, 7) is 0. The maximum atomic E-state index is 13.1. The number of nitrogen functional groups attached to an aromatic ring is 1. The maximum Gasteiger partial charge on any atom is 0.148 e. The summed E-state index contributed by atoms with van der Waals surface area (Å²) in [5.74, 6) is -0.262. The molecule has 64 valence electrons. The molecule has 0 unspecified atom stereocenters. The van der Waals surface area contributed by atoms with Gasteiger partial charge < -0.3 is 11.1 Å². The quantitative estimate of drug-likeness (QED) is 0.659. The molecule has 0 aromatic heterocycles. The monoisotopic (exact) mass is 166 g/mol. The smallest absolute Gasteiger partial charge is 0.148 e. The van der Waals surface area contributed by atoms with Crippen molar-refractivity contribution < 1.29 is 4.39 Å². The highest BCUT2D eigenvalue weighted by Crippen LogP contribution is 2.29. The predicted octanol–water partition coefficient (Wildman–Crippen LogP) is 1.98. The van der Waals surface area contributed by atoms with E-state index < -0.39 is 0 Å². The fraction of sp³-hybridized carbons (Fsp3) is 0.333. The average molecular weight is 166 g/mol. The first-order valence-electron chi connectivity index (χ1n) is 4.08. The Kier molecular flexibility index (Phi) is 1.64. The molecule has 1 fully saturated rings. The van der Waals surface area contributed by atoms with Crippen LogP contribution in [0.3, 0.4) is 0 Å². The third-order valence-electron chi connectivity index (χ3n) is 1.97. The first kappa shape index (κ1) is 7.40. The summed E-state index contributed by atoms with van der Waals surface area (Å²) in [7, 11) is 0. The SMILES string of the molecule is Nc1cccc(F)c1NC1CC1. The second-order valence-corrected chi connectivity index (χ2v) is 3.12. The van der Waals surface area contributed by atoms with Crippen LogP contribution in [0.25, 0.3) is 0 Å².